The number of benzene rings is 2. The minimum atomic E-state index is 0.347. The van der Waals surface area contributed by atoms with Crippen LogP contribution in [0.25, 0.3) is 10.1 Å². The number of hydrogen-bond acceptors (Lipinski definition) is 3. The molecule has 2 heterocycles. The first kappa shape index (κ1) is 16.8. The van der Waals surface area contributed by atoms with Crippen molar-refractivity contribution in [1.82, 2.24) is 10.2 Å². The molecular weight excluding hydrogens is 324 g/mol. The molecule has 1 N–H and O–H groups in total. The summed E-state index contributed by atoms with van der Waals surface area (Å²) in [4.78, 5) is 2.63. The van der Waals surface area contributed by atoms with Crippen LogP contribution in [0.2, 0.25) is 0 Å². The van der Waals surface area contributed by atoms with Crippen molar-refractivity contribution in [2.24, 2.45) is 0 Å². The third kappa shape index (κ3) is 3.37. The van der Waals surface area contributed by atoms with E-state index in [9.17, 15) is 0 Å². The van der Waals surface area contributed by atoms with Gasteiger partial charge in [-0.1, -0.05) is 56.3 Å². The van der Waals surface area contributed by atoms with E-state index in [0.29, 0.717) is 12.0 Å². The van der Waals surface area contributed by atoms with Crippen LogP contribution in [0.1, 0.15) is 42.5 Å². The highest BCUT2D eigenvalue weighted by atomic mass is 32.1. The van der Waals surface area contributed by atoms with Gasteiger partial charge in [-0.25, -0.2) is 0 Å². The number of hydrogen-bond donors (Lipinski definition) is 1. The summed E-state index contributed by atoms with van der Waals surface area (Å²) in [5.41, 5.74) is 4.28. The Morgan fingerprint density at radius 1 is 0.920 bits per heavy atom. The van der Waals surface area contributed by atoms with Gasteiger partial charge in [0.1, 0.15) is 0 Å². The predicted molar refractivity (Wildman–Crippen MR) is 109 cm³/mol. The lowest BCUT2D eigenvalue weighted by atomic mass is 9.93. The first-order valence-corrected chi connectivity index (χ1v) is 10.1. The van der Waals surface area contributed by atoms with Crippen molar-refractivity contribution in [3.8, 4) is 0 Å². The van der Waals surface area contributed by atoms with Crippen LogP contribution < -0.4 is 5.32 Å². The zero-order valence-electron chi connectivity index (χ0n) is 15.0. The van der Waals surface area contributed by atoms with E-state index >= 15 is 0 Å². The van der Waals surface area contributed by atoms with E-state index in [1.165, 1.54) is 26.8 Å². The Labute approximate surface area is 154 Å². The van der Waals surface area contributed by atoms with Crippen LogP contribution in [0.4, 0.5) is 0 Å². The van der Waals surface area contributed by atoms with Crippen LogP contribution in [-0.4, -0.2) is 31.1 Å². The lowest BCUT2D eigenvalue weighted by Gasteiger charge is -2.35. The summed E-state index contributed by atoms with van der Waals surface area (Å²) < 4.78 is 1.39. The van der Waals surface area contributed by atoms with Gasteiger partial charge in [0.15, 0.2) is 0 Å². The van der Waals surface area contributed by atoms with Crippen molar-refractivity contribution in [3.05, 3.63) is 70.6 Å². The second-order valence-corrected chi connectivity index (χ2v) is 8.11. The molecule has 25 heavy (non-hydrogen) atoms. The number of nitrogens with one attached hydrogen (secondary N) is 1. The molecule has 1 aliphatic rings. The minimum absolute atomic E-state index is 0.347. The van der Waals surface area contributed by atoms with Crippen molar-refractivity contribution >= 4 is 21.4 Å². The highest BCUT2D eigenvalue weighted by molar-refractivity contribution is 7.17. The molecule has 0 saturated carbocycles. The lowest BCUT2D eigenvalue weighted by molar-refractivity contribution is 0.199. The van der Waals surface area contributed by atoms with Crippen molar-refractivity contribution in [3.63, 3.8) is 0 Å². The Morgan fingerprint density at radius 2 is 1.60 bits per heavy atom. The summed E-state index contributed by atoms with van der Waals surface area (Å²) in [5.74, 6) is 0.577. The van der Waals surface area contributed by atoms with Gasteiger partial charge in [-0.05, 0) is 39.4 Å². The zero-order chi connectivity index (χ0) is 17.2. The van der Waals surface area contributed by atoms with Gasteiger partial charge in [-0.2, -0.15) is 0 Å². The summed E-state index contributed by atoms with van der Waals surface area (Å²) >= 11 is 1.87. The zero-order valence-corrected chi connectivity index (χ0v) is 15.9. The first-order valence-electron chi connectivity index (χ1n) is 9.25. The molecule has 2 nitrogen and oxygen atoms in total. The molecule has 1 atom stereocenters. The lowest BCUT2D eigenvalue weighted by Crippen LogP contribution is -2.45. The topological polar surface area (TPSA) is 15.3 Å². The normalized spacial score (nSPS) is 17.2. The van der Waals surface area contributed by atoms with Crippen LogP contribution in [0.15, 0.2) is 53.9 Å². The number of thiophene rings is 1. The Hall–Kier alpha value is -1.68. The van der Waals surface area contributed by atoms with Crippen LogP contribution in [0.5, 0.6) is 0 Å². The van der Waals surface area contributed by atoms with E-state index in [1.807, 2.05) is 11.3 Å². The van der Waals surface area contributed by atoms with Gasteiger partial charge in [0.25, 0.3) is 0 Å². The second-order valence-electron chi connectivity index (χ2n) is 7.20. The van der Waals surface area contributed by atoms with Gasteiger partial charge in [0.2, 0.25) is 0 Å². The van der Waals surface area contributed by atoms with Crippen molar-refractivity contribution in [1.29, 1.82) is 0 Å². The Morgan fingerprint density at radius 3 is 2.32 bits per heavy atom. The largest absolute Gasteiger partial charge is 0.314 e. The molecule has 2 aromatic carbocycles. The quantitative estimate of drug-likeness (QED) is 0.711. The van der Waals surface area contributed by atoms with Crippen molar-refractivity contribution in [2.45, 2.75) is 25.8 Å². The van der Waals surface area contributed by atoms with E-state index in [2.05, 4.69) is 78.0 Å². The minimum Gasteiger partial charge on any atom is -0.314 e. The summed E-state index contributed by atoms with van der Waals surface area (Å²) in [5, 5.41) is 7.26. The van der Waals surface area contributed by atoms with Gasteiger partial charge in [-0.3, -0.25) is 4.90 Å². The van der Waals surface area contributed by atoms with Gasteiger partial charge < -0.3 is 5.32 Å². The van der Waals surface area contributed by atoms with Crippen LogP contribution in [-0.2, 0) is 0 Å². The Balaban J connectivity index is 1.78. The summed E-state index contributed by atoms with van der Waals surface area (Å²) in [7, 11) is 0. The van der Waals surface area contributed by atoms with E-state index in [0.717, 1.165) is 26.2 Å². The molecule has 0 spiro atoms. The standard InChI is InChI=1S/C22H26N2S/c1-16(2)17-7-9-18(10-8-17)22(24-13-11-23-12-14-24)20-15-25-21-6-4-3-5-19(20)21/h3-10,15-16,22-23H,11-14H2,1-2H3. The number of rotatable bonds is 4. The van der Waals surface area contributed by atoms with Crippen LogP contribution in [0.3, 0.4) is 0 Å². The Bertz CT molecular complexity index is 829. The average Bonchev–Trinajstić information content (AvgIpc) is 3.07. The fourth-order valence-corrected chi connectivity index (χ4v) is 4.78. The van der Waals surface area contributed by atoms with Crippen molar-refractivity contribution in [2.75, 3.05) is 26.2 Å². The molecule has 0 aliphatic carbocycles. The maximum atomic E-state index is 3.49. The third-order valence-electron chi connectivity index (χ3n) is 5.24. The molecule has 0 amide bonds. The average molecular weight is 351 g/mol. The van der Waals surface area contributed by atoms with E-state index in [-0.39, 0.29) is 0 Å². The molecule has 3 heteroatoms. The number of piperazine rings is 1. The third-order valence-corrected chi connectivity index (χ3v) is 6.22. The van der Waals surface area contributed by atoms with Crippen LogP contribution in [0, 0.1) is 0 Å². The molecule has 1 unspecified atom stereocenters. The number of nitrogens with zero attached hydrogens (tertiary/aromatic N) is 1. The maximum Gasteiger partial charge on any atom is 0.0617 e. The van der Waals surface area contributed by atoms with E-state index in [4.69, 9.17) is 0 Å². The first-order chi connectivity index (χ1) is 12.2. The molecule has 0 radical (unpaired) electrons. The molecular formula is C22H26N2S. The fraction of sp³-hybridized carbons (Fsp3) is 0.364. The molecule has 130 valence electrons. The SMILES string of the molecule is CC(C)c1ccc(C(c2csc3ccccc23)N2CCNCC2)cc1. The smallest absolute Gasteiger partial charge is 0.0617 e. The molecule has 0 bridgehead atoms. The molecule has 4 rings (SSSR count). The van der Waals surface area contributed by atoms with Crippen LogP contribution >= 0.6 is 11.3 Å². The van der Waals surface area contributed by atoms with Crippen molar-refractivity contribution < 1.29 is 0 Å². The predicted octanol–water partition coefficient (Wildman–Crippen LogP) is 5.02. The summed E-state index contributed by atoms with van der Waals surface area (Å²) in [6, 6.07) is 18.5. The molecule has 1 fully saturated rings. The molecule has 1 aromatic heterocycles. The monoisotopic (exact) mass is 350 g/mol. The van der Waals surface area contributed by atoms with Gasteiger partial charge >= 0.3 is 0 Å². The molecule has 1 aliphatic heterocycles. The second kappa shape index (κ2) is 7.28. The van der Waals surface area contributed by atoms with E-state index in [1.54, 1.807) is 0 Å². The highest BCUT2D eigenvalue weighted by Crippen LogP contribution is 2.37. The molecule has 3 aromatic rings. The molecule has 1 saturated heterocycles. The fourth-order valence-electron chi connectivity index (χ4n) is 3.80. The highest BCUT2D eigenvalue weighted by Gasteiger charge is 2.26. The van der Waals surface area contributed by atoms with Gasteiger partial charge in [0, 0.05) is 30.9 Å². The summed E-state index contributed by atoms with van der Waals surface area (Å²) in [6.07, 6.45) is 0. The number of fused-ring (bicyclic) bond motifs is 1. The summed E-state index contributed by atoms with van der Waals surface area (Å²) in [6.45, 7) is 8.86. The van der Waals surface area contributed by atoms with Gasteiger partial charge in [-0.15, -0.1) is 11.3 Å². The van der Waals surface area contributed by atoms with Gasteiger partial charge in [0.05, 0.1) is 6.04 Å². The Kier molecular flexibility index (Phi) is 4.89. The van der Waals surface area contributed by atoms with E-state index < -0.39 is 0 Å². The maximum absolute atomic E-state index is 3.49.